The molecule has 0 spiro atoms. The number of ether oxygens (including phenoxy) is 2. The lowest BCUT2D eigenvalue weighted by Gasteiger charge is -2.10. The monoisotopic (exact) mass is 274 g/mol. The molecule has 0 saturated heterocycles. The van der Waals surface area contributed by atoms with Crippen LogP contribution in [0.4, 0.5) is 0 Å². The second kappa shape index (κ2) is 6.75. The normalized spacial score (nSPS) is 11.1. The van der Waals surface area contributed by atoms with Crippen molar-refractivity contribution in [2.75, 3.05) is 13.2 Å². The molecule has 0 fully saturated rings. The fourth-order valence-electron chi connectivity index (χ4n) is 1.94. The first-order chi connectivity index (χ1) is 9.56. The van der Waals surface area contributed by atoms with E-state index in [0.29, 0.717) is 18.7 Å². The van der Waals surface area contributed by atoms with E-state index in [2.05, 4.69) is 0 Å². The van der Waals surface area contributed by atoms with Gasteiger partial charge in [-0.25, -0.2) is 0 Å². The van der Waals surface area contributed by atoms with Crippen molar-refractivity contribution >= 4 is 23.4 Å². The Bertz CT molecular complexity index is 569. The van der Waals surface area contributed by atoms with Gasteiger partial charge in [0.2, 0.25) is 0 Å². The van der Waals surface area contributed by atoms with Gasteiger partial charge in [0.15, 0.2) is 0 Å². The molecule has 5 heteroatoms. The second-order valence-corrected chi connectivity index (χ2v) is 4.91. The van der Waals surface area contributed by atoms with Crippen LogP contribution in [0.15, 0.2) is 36.4 Å². The van der Waals surface area contributed by atoms with E-state index < -0.39 is 7.12 Å². The molecule has 106 valence electrons. The first-order valence-electron chi connectivity index (χ1n) is 6.70. The van der Waals surface area contributed by atoms with Crippen molar-refractivity contribution in [1.29, 1.82) is 0 Å². The Kier molecular flexibility index (Phi) is 5.01. The molecule has 0 aliphatic rings. The minimum absolute atomic E-state index is 0.207. The molecule has 2 rings (SSSR count). The first-order valence-corrected chi connectivity index (χ1v) is 6.70. The summed E-state index contributed by atoms with van der Waals surface area (Å²) >= 11 is 0. The van der Waals surface area contributed by atoms with Crippen molar-refractivity contribution in [2.45, 2.75) is 20.0 Å². The molecule has 0 radical (unpaired) electrons. The third-order valence-electron chi connectivity index (χ3n) is 2.94. The van der Waals surface area contributed by atoms with E-state index in [1.54, 1.807) is 12.1 Å². The van der Waals surface area contributed by atoms with Crippen LogP contribution in [0.2, 0.25) is 0 Å². The summed E-state index contributed by atoms with van der Waals surface area (Å²) in [4.78, 5) is 0. The Labute approximate surface area is 119 Å². The maximum absolute atomic E-state index is 9.14. The van der Waals surface area contributed by atoms with Crippen LogP contribution in [-0.2, 0) is 4.74 Å². The summed E-state index contributed by atoms with van der Waals surface area (Å²) in [7, 11) is -1.44. The van der Waals surface area contributed by atoms with Gasteiger partial charge in [-0.05, 0) is 42.2 Å². The summed E-state index contributed by atoms with van der Waals surface area (Å²) in [6, 6.07) is 11.0. The number of benzene rings is 2. The molecule has 0 aliphatic heterocycles. The molecule has 4 nitrogen and oxygen atoms in total. The number of hydrogen-bond donors (Lipinski definition) is 2. The summed E-state index contributed by atoms with van der Waals surface area (Å²) in [6.45, 7) is 5.05. The summed E-state index contributed by atoms with van der Waals surface area (Å²) in [5.74, 6) is 0.780. The summed E-state index contributed by atoms with van der Waals surface area (Å²) < 4.78 is 11.0. The first kappa shape index (κ1) is 14.8. The van der Waals surface area contributed by atoms with Crippen LogP contribution in [0.25, 0.3) is 10.8 Å². The molecule has 0 aliphatic carbocycles. The minimum Gasteiger partial charge on any atom is -0.491 e. The molecule has 0 saturated carbocycles. The molecular formula is C15H19BO4. The average molecular weight is 274 g/mol. The minimum atomic E-state index is -1.44. The van der Waals surface area contributed by atoms with E-state index in [9.17, 15) is 0 Å². The molecule has 2 N–H and O–H groups in total. The Morgan fingerprint density at radius 2 is 1.70 bits per heavy atom. The van der Waals surface area contributed by atoms with Crippen LogP contribution in [0, 0.1) is 0 Å². The van der Waals surface area contributed by atoms with Crippen LogP contribution in [0.5, 0.6) is 5.75 Å². The standard InChI is InChI=1S/C15H19BO4/c1-11(2)19-7-8-20-15-6-4-12-9-14(16(17)18)5-3-13(12)10-15/h3-6,9-11,17-18H,7-8H2,1-2H3. The molecule has 0 heterocycles. The van der Waals surface area contributed by atoms with Gasteiger partial charge in [0.1, 0.15) is 12.4 Å². The lowest BCUT2D eigenvalue weighted by atomic mass is 9.79. The van der Waals surface area contributed by atoms with Crippen molar-refractivity contribution < 1.29 is 19.5 Å². The highest BCUT2D eigenvalue weighted by molar-refractivity contribution is 6.58. The van der Waals surface area contributed by atoms with E-state index in [4.69, 9.17) is 19.5 Å². The third kappa shape index (κ3) is 3.97. The van der Waals surface area contributed by atoms with E-state index in [1.807, 2.05) is 38.1 Å². The van der Waals surface area contributed by atoms with Crippen LogP contribution in [-0.4, -0.2) is 36.5 Å². The molecule has 0 unspecified atom stereocenters. The number of hydrogen-bond acceptors (Lipinski definition) is 4. The van der Waals surface area contributed by atoms with E-state index >= 15 is 0 Å². The summed E-state index contributed by atoms with van der Waals surface area (Å²) in [6.07, 6.45) is 0.207. The van der Waals surface area contributed by atoms with Gasteiger partial charge in [-0.15, -0.1) is 0 Å². The van der Waals surface area contributed by atoms with Crippen LogP contribution in [0.3, 0.4) is 0 Å². The molecule has 0 aromatic heterocycles. The zero-order valence-electron chi connectivity index (χ0n) is 11.7. The van der Waals surface area contributed by atoms with Crippen molar-refractivity contribution in [3.05, 3.63) is 36.4 Å². The average Bonchev–Trinajstić information content (AvgIpc) is 2.42. The van der Waals surface area contributed by atoms with Crippen molar-refractivity contribution in [3.63, 3.8) is 0 Å². The topological polar surface area (TPSA) is 58.9 Å². The SMILES string of the molecule is CC(C)OCCOc1ccc2cc(B(O)O)ccc2c1. The second-order valence-electron chi connectivity index (χ2n) is 4.91. The van der Waals surface area contributed by atoms with E-state index in [0.717, 1.165) is 16.5 Å². The number of rotatable bonds is 6. The van der Waals surface area contributed by atoms with Gasteiger partial charge in [-0.2, -0.15) is 0 Å². The van der Waals surface area contributed by atoms with Crippen molar-refractivity contribution in [1.82, 2.24) is 0 Å². The molecule has 20 heavy (non-hydrogen) atoms. The van der Waals surface area contributed by atoms with Crippen molar-refractivity contribution in [2.24, 2.45) is 0 Å². The quantitative estimate of drug-likeness (QED) is 0.616. The lowest BCUT2D eigenvalue weighted by Crippen LogP contribution is -2.29. The van der Waals surface area contributed by atoms with E-state index in [1.165, 1.54) is 0 Å². The van der Waals surface area contributed by atoms with Gasteiger partial charge < -0.3 is 19.5 Å². The van der Waals surface area contributed by atoms with E-state index in [-0.39, 0.29) is 6.10 Å². The zero-order valence-corrected chi connectivity index (χ0v) is 11.7. The highest BCUT2D eigenvalue weighted by Crippen LogP contribution is 2.20. The van der Waals surface area contributed by atoms with Gasteiger partial charge in [-0.1, -0.05) is 24.3 Å². The summed E-state index contributed by atoms with van der Waals surface area (Å²) in [5, 5.41) is 20.2. The van der Waals surface area contributed by atoms with Gasteiger partial charge in [0.25, 0.3) is 0 Å². The molecular weight excluding hydrogens is 255 g/mol. The van der Waals surface area contributed by atoms with Crippen LogP contribution in [0.1, 0.15) is 13.8 Å². The molecule has 0 bridgehead atoms. The van der Waals surface area contributed by atoms with Gasteiger partial charge in [0, 0.05) is 0 Å². The maximum Gasteiger partial charge on any atom is 0.488 e. The predicted octanol–water partition coefficient (Wildman–Crippen LogP) is 1.32. The smallest absolute Gasteiger partial charge is 0.488 e. The maximum atomic E-state index is 9.14. The lowest BCUT2D eigenvalue weighted by molar-refractivity contribution is 0.0553. The van der Waals surface area contributed by atoms with Gasteiger partial charge in [0.05, 0.1) is 12.7 Å². The highest BCUT2D eigenvalue weighted by atomic mass is 16.5. The van der Waals surface area contributed by atoms with Gasteiger partial charge >= 0.3 is 7.12 Å². The van der Waals surface area contributed by atoms with Crippen LogP contribution < -0.4 is 10.2 Å². The fourth-order valence-corrected chi connectivity index (χ4v) is 1.94. The zero-order chi connectivity index (χ0) is 14.5. The largest absolute Gasteiger partial charge is 0.491 e. The third-order valence-corrected chi connectivity index (χ3v) is 2.94. The summed E-state index contributed by atoms with van der Waals surface area (Å²) in [5.41, 5.74) is 0.483. The molecule has 2 aromatic carbocycles. The molecule has 2 aromatic rings. The van der Waals surface area contributed by atoms with Gasteiger partial charge in [-0.3, -0.25) is 0 Å². The molecule has 0 amide bonds. The van der Waals surface area contributed by atoms with Crippen LogP contribution >= 0.6 is 0 Å². The Morgan fingerprint density at radius 1 is 1.00 bits per heavy atom. The highest BCUT2D eigenvalue weighted by Gasteiger charge is 2.10. The number of fused-ring (bicyclic) bond motifs is 1. The Hall–Kier alpha value is -1.56. The molecule has 0 atom stereocenters. The van der Waals surface area contributed by atoms with Crippen molar-refractivity contribution in [3.8, 4) is 5.75 Å². The predicted molar refractivity (Wildman–Crippen MR) is 80.4 cm³/mol. The fraction of sp³-hybridized carbons (Fsp3) is 0.333. The Balaban J connectivity index is 2.04. The Morgan fingerprint density at radius 3 is 2.40 bits per heavy atom.